The number of ether oxygens (including phenoxy) is 2. The number of aliphatic hydroxyl groups excluding tert-OH is 1. The molecule has 1 aliphatic carbocycles. The Hall–Kier alpha value is -1.95. The van der Waals surface area contributed by atoms with E-state index in [-0.39, 0.29) is 17.6 Å². The Morgan fingerprint density at radius 1 is 1.30 bits per heavy atom. The minimum atomic E-state index is -0.273. The molecule has 0 heterocycles. The molecule has 1 aromatic rings. The van der Waals surface area contributed by atoms with Gasteiger partial charge in [0.2, 0.25) is 0 Å². The van der Waals surface area contributed by atoms with E-state index in [0.717, 1.165) is 49.7 Å². The van der Waals surface area contributed by atoms with Crippen LogP contribution in [0.15, 0.2) is 29.3 Å². The molecule has 0 saturated heterocycles. The van der Waals surface area contributed by atoms with Crippen LogP contribution in [0.5, 0.6) is 11.5 Å². The first-order valence-corrected chi connectivity index (χ1v) is 9.98. The van der Waals surface area contributed by atoms with Crippen molar-refractivity contribution >= 4 is 5.96 Å². The van der Waals surface area contributed by atoms with Crippen molar-refractivity contribution in [2.24, 2.45) is 10.4 Å². The molecule has 27 heavy (non-hydrogen) atoms. The molecule has 3 atom stereocenters. The lowest BCUT2D eigenvalue weighted by Gasteiger charge is -2.37. The minimum Gasteiger partial charge on any atom is -0.493 e. The van der Waals surface area contributed by atoms with Crippen LogP contribution in [0.25, 0.3) is 0 Å². The van der Waals surface area contributed by atoms with Gasteiger partial charge in [0.1, 0.15) is 6.10 Å². The third kappa shape index (κ3) is 6.31. The fraction of sp³-hybridized carbons (Fsp3) is 0.667. The highest BCUT2D eigenvalue weighted by molar-refractivity contribution is 5.79. The highest BCUT2D eigenvalue weighted by Gasteiger charge is 2.35. The van der Waals surface area contributed by atoms with Crippen LogP contribution in [-0.2, 0) is 0 Å². The lowest BCUT2D eigenvalue weighted by atomic mass is 9.73. The van der Waals surface area contributed by atoms with Crippen molar-refractivity contribution in [2.75, 3.05) is 26.7 Å². The van der Waals surface area contributed by atoms with E-state index in [1.807, 2.05) is 38.1 Å². The van der Waals surface area contributed by atoms with Crippen LogP contribution in [-0.4, -0.2) is 50.0 Å². The van der Waals surface area contributed by atoms with Crippen LogP contribution >= 0.6 is 0 Å². The molecule has 1 saturated carbocycles. The van der Waals surface area contributed by atoms with Gasteiger partial charge in [-0.1, -0.05) is 31.9 Å². The zero-order valence-electron chi connectivity index (χ0n) is 17.1. The van der Waals surface area contributed by atoms with Crippen molar-refractivity contribution in [3.63, 3.8) is 0 Å². The van der Waals surface area contributed by atoms with Crippen molar-refractivity contribution in [1.82, 2.24) is 10.6 Å². The lowest BCUT2D eigenvalue weighted by molar-refractivity contribution is 0.00715. The standard InChI is InChI=1S/C21H35N3O3/c1-5-22-20(24-15-21(3)13-9-8-12-19(21)25)23-14-16(2)27-18-11-7-6-10-17(18)26-4/h6-7,10-11,16,19,25H,5,8-9,12-15H2,1-4H3,(H2,22,23,24). The predicted molar refractivity (Wildman–Crippen MR) is 110 cm³/mol. The number of methoxy groups -OCH3 is 1. The van der Waals surface area contributed by atoms with Gasteiger partial charge in [0.15, 0.2) is 17.5 Å². The maximum atomic E-state index is 10.4. The first-order chi connectivity index (χ1) is 13.0. The molecule has 1 aromatic carbocycles. The number of rotatable bonds is 8. The fourth-order valence-electron chi connectivity index (χ4n) is 3.38. The molecular weight excluding hydrogens is 342 g/mol. The summed E-state index contributed by atoms with van der Waals surface area (Å²) in [5.74, 6) is 2.21. The van der Waals surface area contributed by atoms with Crippen molar-refractivity contribution in [3.8, 4) is 11.5 Å². The number of hydrogen-bond donors (Lipinski definition) is 3. The Labute approximate surface area is 163 Å². The van der Waals surface area contributed by atoms with E-state index < -0.39 is 0 Å². The van der Waals surface area contributed by atoms with E-state index >= 15 is 0 Å². The average molecular weight is 378 g/mol. The van der Waals surface area contributed by atoms with E-state index in [2.05, 4.69) is 17.6 Å². The number of guanidine groups is 1. The SMILES string of the molecule is CCNC(=NCC1(C)CCCCC1O)NCC(C)Oc1ccccc1OC. The topological polar surface area (TPSA) is 75.1 Å². The molecule has 0 bridgehead atoms. The molecule has 6 nitrogen and oxygen atoms in total. The van der Waals surface area contributed by atoms with Crippen LogP contribution in [0, 0.1) is 5.41 Å². The fourth-order valence-corrected chi connectivity index (χ4v) is 3.38. The van der Waals surface area contributed by atoms with Crippen molar-refractivity contribution < 1.29 is 14.6 Å². The van der Waals surface area contributed by atoms with E-state index in [0.29, 0.717) is 13.1 Å². The number of aliphatic hydroxyl groups is 1. The third-order valence-electron chi connectivity index (χ3n) is 5.18. The molecule has 0 aliphatic heterocycles. The van der Waals surface area contributed by atoms with Crippen LogP contribution in [0.4, 0.5) is 0 Å². The van der Waals surface area contributed by atoms with Crippen LogP contribution in [0.2, 0.25) is 0 Å². The number of para-hydroxylation sites is 2. The zero-order chi connectivity index (χ0) is 19.7. The first kappa shape index (κ1) is 21.4. The van der Waals surface area contributed by atoms with Gasteiger partial charge in [-0.15, -0.1) is 0 Å². The number of nitrogens with zero attached hydrogens (tertiary/aromatic N) is 1. The molecule has 1 aliphatic rings. The summed E-state index contributed by atoms with van der Waals surface area (Å²) in [5.41, 5.74) is -0.139. The normalized spacial score (nSPS) is 24.2. The van der Waals surface area contributed by atoms with Crippen LogP contribution < -0.4 is 20.1 Å². The summed E-state index contributed by atoms with van der Waals surface area (Å²) in [7, 11) is 1.64. The molecule has 0 aromatic heterocycles. The van der Waals surface area contributed by atoms with Gasteiger partial charge in [0.05, 0.1) is 26.3 Å². The summed E-state index contributed by atoms with van der Waals surface area (Å²) < 4.78 is 11.3. The summed E-state index contributed by atoms with van der Waals surface area (Å²) in [6.07, 6.45) is 3.84. The minimum absolute atomic E-state index is 0.0546. The Balaban J connectivity index is 1.91. The second kappa shape index (κ2) is 10.4. The van der Waals surface area contributed by atoms with Gasteiger partial charge in [-0.25, -0.2) is 0 Å². The number of hydrogen-bond acceptors (Lipinski definition) is 4. The van der Waals surface area contributed by atoms with E-state index in [9.17, 15) is 5.11 Å². The van der Waals surface area contributed by atoms with Gasteiger partial charge in [0, 0.05) is 12.0 Å². The second-order valence-electron chi connectivity index (χ2n) is 7.57. The predicted octanol–water partition coefficient (Wildman–Crippen LogP) is 2.96. The zero-order valence-corrected chi connectivity index (χ0v) is 17.1. The van der Waals surface area contributed by atoms with Gasteiger partial charge < -0.3 is 25.2 Å². The highest BCUT2D eigenvalue weighted by Crippen LogP contribution is 2.36. The van der Waals surface area contributed by atoms with Gasteiger partial charge in [0.25, 0.3) is 0 Å². The van der Waals surface area contributed by atoms with Crippen LogP contribution in [0.3, 0.4) is 0 Å². The number of nitrogens with one attached hydrogen (secondary N) is 2. The molecule has 0 amide bonds. The van der Waals surface area contributed by atoms with Crippen molar-refractivity contribution in [2.45, 2.75) is 58.7 Å². The Bertz CT molecular complexity index is 608. The van der Waals surface area contributed by atoms with Gasteiger partial charge in [-0.05, 0) is 38.8 Å². The average Bonchev–Trinajstić information content (AvgIpc) is 2.67. The molecule has 6 heteroatoms. The number of aliphatic imine (C=N–C) groups is 1. The van der Waals surface area contributed by atoms with Crippen LogP contribution in [0.1, 0.15) is 46.5 Å². The summed E-state index contributed by atoms with van der Waals surface area (Å²) >= 11 is 0. The van der Waals surface area contributed by atoms with Gasteiger partial charge >= 0.3 is 0 Å². The van der Waals surface area contributed by atoms with Gasteiger partial charge in [-0.2, -0.15) is 0 Å². The molecular formula is C21H35N3O3. The summed E-state index contributed by atoms with van der Waals surface area (Å²) in [6, 6.07) is 7.64. The maximum absolute atomic E-state index is 10.4. The molecule has 1 fully saturated rings. The molecule has 3 N–H and O–H groups in total. The monoisotopic (exact) mass is 377 g/mol. The van der Waals surface area contributed by atoms with E-state index in [1.165, 1.54) is 0 Å². The molecule has 2 rings (SSSR count). The smallest absolute Gasteiger partial charge is 0.191 e. The Kier molecular flexibility index (Phi) is 8.23. The third-order valence-corrected chi connectivity index (χ3v) is 5.18. The molecule has 152 valence electrons. The Morgan fingerprint density at radius 3 is 2.70 bits per heavy atom. The Morgan fingerprint density at radius 2 is 2.04 bits per heavy atom. The quantitative estimate of drug-likeness (QED) is 0.480. The van der Waals surface area contributed by atoms with Crippen molar-refractivity contribution in [3.05, 3.63) is 24.3 Å². The first-order valence-electron chi connectivity index (χ1n) is 9.98. The number of benzene rings is 1. The van der Waals surface area contributed by atoms with E-state index in [4.69, 9.17) is 14.5 Å². The molecule has 0 radical (unpaired) electrons. The summed E-state index contributed by atoms with van der Waals surface area (Å²) in [4.78, 5) is 4.73. The van der Waals surface area contributed by atoms with Gasteiger partial charge in [-0.3, -0.25) is 4.99 Å². The summed E-state index contributed by atoms with van der Waals surface area (Å²) in [5, 5.41) is 17.0. The second-order valence-corrected chi connectivity index (χ2v) is 7.57. The maximum Gasteiger partial charge on any atom is 0.191 e. The molecule has 0 spiro atoms. The highest BCUT2D eigenvalue weighted by atomic mass is 16.5. The summed E-state index contributed by atoms with van der Waals surface area (Å²) in [6.45, 7) is 8.21. The molecule has 3 unspecified atom stereocenters. The van der Waals surface area contributed by atoms with Crippen molar-refractivity contribution in [1.29, 1.82) is 0 Å². The van der Waals surface area contributed by atoms with E-state index in [1.54, 1.807) is 7.11 Å². The largest absolute Gasteiger partial charge is 0.493 e. The lowest BCUT2D eigenvalue weighted by Crippen LogP contribution is -2.44.